The van der Waals surface area contributed by atoms with Crippen LogP contribution in [-0.2, 0) is 0 Å². The number of nitrogens with zero attached hydrogens (tertiary/aromatic N) is 1. The molecule has 220 valence electrons. The third-order valence-corrected chi connectivity index (χ3v) is 8.76. The Kier molecular flexibility index (Phi) is 4.83. The van der Waals surface area contributed by atoms with Crippen molar-refractivity contribution >= 4 is 60.2 Å². The molecule has 1 nitrogen and oxygen atoms in total. The molecule has 0 aliphatic rings. The van der Waals surface area contributed by atoms with Crippen LogP contribution in [0.3, 0.4) is 0 Å². The third-order valence-electron chi connectivity index (χ3n) is 8.76. The summed E-state index contributed by atoms with van der Waals surface area (Å²) in [5.41, 5.74) is 1.36. The molecule has 0 atom stereocenters. The van der Waals surface area contributed by atoms with E-state index in [0.29, 0.717) is 22.2 Å². The van der Waals surface area contributed by atoms with E-state index in [2.05, 4.69) is 0 Å². The second-order valence-corrected chi connectivity index (χ2v) is 11.5. The van der Waals surface area contributed by atoms with Gasteiger partial charge in [-0.2, -0.15) is 0 Å². The summed E-state index contributed by atoms with van der Waals surface area (Å²) in [5, 5.41) is 6.86. The molecular formula is C46H31N. The van der Waals surface area contributed by atoms with Crippen LogP contribution in [0.2, 0.25) is 0 Å². The largest absolute Gasteiger partial charge is 0.310 e. The molecule has 0 spiro atoms. The molecule has 0 amide bonds. The second kappa shape index (κ2) is 11.3. The molecule has 47 heavy (non-hydrogen) atoms. The minimum atomic E-state index is -0.380. The fraction of sp³-hybridized carbons (Fsp3) is 0. The topological polar surface area (TPSA) is 3.24 Å². The molecule has 0 unspecified atom stereocenters. The van der Waals surface area contributed by atoms with Crippen LogP contribution in [0.5, 0.6) is 0 Å². The van der Waals surface area contributed by atoms with Gasteiger partial charge in [0.1, 0.15) is 0 Å². The Morgan fingerprint density at radius 2 is 0.787 bits per heavy atom. The lowest BCUT2D eigenvalue weighted by Crippen LogP contribution is -2.10. The molecule has 9 aromatic rings. The number of rotatable bonds is 5. The van der Waals surface area contributed by atoms with Crippen molar-refractivity contribution in [3.63, 3.8) is 0 Å². The number of anilines is 3. The van der Waals surface area contributed by atoms with Crippen molar-refractivity contribution in [2.45, 2.75) is 0 Å². The molecule has 0 aromatic heterocycles. The quantitative estimate of drug-likeness (QED) is 0.176. The zero-order chi connectivity index (χ0) is 38.1. The van der Waals surface area contributed by atoms with Crippen LogP contribution in [0, 0.1) is 0 Å². The molecule has 0 aliphatic carbocycles. The lowest BCUT2D eigenvalue weighted by Gasteiger charge is -2.28. The summed E-state index contributed by atoms with van der Waals surface area (Å²) in [7, 11) is 0. The normalized spacial score (nSPS) is 13.8. The van der Waals surface area contributed by atoms with Gasteiger partial charge < -0.3 is 4.90 Å². The Morgan fingerprint density at radius 1 is 0.340 bits per heavy atom. The maximum atomic E-state index is 9.67. The van der Waals surface area contributed by atoms with Gasteiger partial charge in [-0.1, -0.05) is 152 Å². The number of hydrogen-bond acceptors (Lipinski definition) is 1. The standard InChI is InChI=1S/C46H31N/c1-2-12-32(13-3-1)33-22-26-37(27-23-33)47(46-31-36-15-5-7-17-40(36)42-19-10-11-21-44(42)46)38-28-24-34(25-29-38)45-30-35-14-4-6-16-39(35)41-18-8-9-20-43(41)45/h1-31H/i22D,23D,24D,25D,26D,27D,28D,29D. The van der Waals surface area contributed by atoms with Crippen molar-refractivity contribution in [1.82, 2.24) is 0 Å². The maximum Gasteiger partial charge on any atom is 0.0645 e. The van der Waals surface area contributed by atoms with Gasteiger partial charge in [0.25, 0.3) is 0 Å². The van der Waals surface area contributed by atoms with E-state index in [0.717, 1.165) is 37.7 Å². The molecule has 0 saturated carbocycles. The first-order valence-corrected chi connectivity index (χ1v) is 15.5. The van der Waals surface area contributed by atoms with Gasteiger partial charge in [-0.3, -0.25) is 0 Å². The highest BCUT2D eigenvalue weighted by Crippen LogP contribution is 2.43. The van der Waals surface area contributed by atoms with E-state index in [4.69, 9.17) is 0 Å². The summed E-state index contributed by atoms with van der Waals surface area (Å²) < 4.78 is 75.8. The van der Waals surface area contributed by atoms with Gasteiger partial charge in [-0.15, -0.1) is 0 Å². The van der Waals surface area contributed by atoms with Crippen LogP contribution >= 0.6 is 0 Å². The van der Waals surface area contributed by atoms with Crippen molar-refractivity contribution in [2.24, 2.45) is 0 Å². The highest BCUT2D eigenvalue weighted by molar-refractivity contribution is 6.15. The molecular weight excluding hydrogens is 567 g/mol. The minimum Gasteiger partial charge on any atom is -0.310 e. The van der Waals surface area contributed by atoms with E-state index in [1.165, 1.54) is 4.90 Å². The fourth-order valence-electron chi connectivity index (χ4n) is 6.55. The minimum absolute atomic E-state index is 0.126. The predicted octanol–water partition coefficient (Wildman–Crippen LogP) is 13.1. The monoisotopic (exact) mass is 605 g/mol. The number of fused-ring (bicyclic) bond motifs is 6. The molecule has 9 rings (SSSR count). The first-order valence-electron chi connectivity index (χ1n) is 19.5. The van der Waals surface area contributed by atoms with Gasteiger partial charge in [0.2, 0.25) is 0 Å². The average Bonchev–Trinajstić information content (AvgIpc) is 3.22. The average molecular weight is 606 g/mol. The highest BCUT2D eigenvalue weighted by Gasteiger charge is 2.18. The summed E-state index contributed by atoms with van der Waals surface area (Å²) in [6.07, 6.45) is 0. The zero-order valence-electron chi connectivity index (χ0n) is 33.2. The van der Waals surface area contributed by atoms with Crippen LogP contribution < -0.4 is 4.90 Å². The van der Waals surface area contributed by atoms with E-state index in [1.54, 1.807) is 24.3 Å². The smallest absolute Gasteiger partial charge is 0.0645 e. The van der Waals surface area contributed by atoms with Gasteiger partial charge in [0, 0.05) is 16.8 Å². The molecule has 0 N–H and O–H groups in total. The van der Waals surface area contributed by atoms with Crippen LogP contribution in [0.15, 0.2) is 188 Å². The molecule has 0 saturated heterocycles. The van der Waals surface area contributed by atoms with Crippen LogP contribution in [0.1, 0.15) is 11.0 Å². The Morgan fingerprint density at radius 3 is 1.40 bits per heavy atom. The lowest BCUT2D eigenvalue weighted by atomic mass is 9.93. The van der Waals surface area contributed by atoms with Gasteiger partial charge >= 0.3 is 0 Å². The first kappa shape index (κ1) is 20.0. The van der Waals surface area contributed by atoms with Crippen molar-refractivity contribution in [1.29, 1.82) is 0 Å². The Labute approximate surface area is 285 Å². The third kappa shape index (κ3) is 4.72. The van der Waals surface area contributed by atoms with E-state index in [1.807, 2.05) is 115 Å². The van der Waals surface area contributed by atoms with E-state index < -0.39 is 0 Å². The Balaban J connectivity index is 1.40. The molecule has 0 radical (unpaired) electrons. The molecule has 0 aliphatic heterocycles. The van der Waals surface area contributed by atoms with Gasteiger partial charge in [-0.05, 0) is 96.3 Å². The van der Waals surface area contributed by atoms with Gasteiger partial charge in [-0.25, -0.2) is 0 Å². The number of hydrogen-bond donors (Lipinski definition) is 0. The van der Waals surface area contributed by atoms with E-state index in [9.17, 15) is 11.0 Å². The van der Waals surface area contributed by atoms with Crippen molar-refractivity contribution < 1.29 is 11.0 Å². The highest BCUT2D eigenvalue weighted by atomic mass is 15.1. The molecule has 9 aromatic carbocycles. The van der Waals surface area contributed by atoms with Gasteiger partial charge in [0.05, 0.1) is 16.7 Å². The lowest BCUT2D eigenvalue weighted by molar-refractivity contribution is 1.30. The zero-order valence-corrected chi connectivity index (χ0v) is 25.2. The maximum absolute atomic E-state index is 9.67. The number of benzene rings is 9. The first-order chi connectivity index (χ1) is 26.7. The molecule has 0 bridgehead atoms. The summed E-state index contributed by atoms with van der Waals surface area (Å²) in [4.78, 5) is 1.41. The van der Waals surface area contributed by atoms with Crippen LogP contribution in [-0.4, -0.2) is 0 Å². The van der Waals surface area contributed by atoms with Crippen molar-refractivity contribution in [3.05, 3.63) is 188 Å². The van der Waals surface area contributed by atoms with Crippen LogP contribution in [0.25, 0.3) is 65.3 Å². The van der Waals surface area contributed by atoms with Gasteiger partial charge in [0.15, 0.2) is 0 Å². The second-order valence-electron chi connectivity index (χ2n) is 11.5. The summed E-state index contributed by atoms with van der Waals surface area (Å²) in [6.45, 7) is 0. The predicted molar refractivity (Wildman–Crippen MR) is 202 cm³/mol. The fourth-order valence-corrected chi connectivity index (χ4v) is 6.55. The van der Waals surface area contributed by atoms with Crippen molar-refractivity contribution in [2.75, 3.05) is 4.90 Å². The van der Waals surface area contributed by atoms with Crippen LogP contribution in [0.4, 0.5) is 17.1 Å². The summed E-state index contributed by atoms with van der Waals surface area (Å²) >= 11 is 0. The van der Waals surface area contributed by atoms with E-state index in [-0.39, 0.29) is 70.8 Å². The Hall–Kier alpha value is -6.18. The molecule has 0 fully saturated rings. The SMILES string of the molecule is [2H]c1c([2H])c(N(c2c([2H])c([2H])c(-c3cc4ccccc4c4ccccc34)c([2H])c2[2H])c2cc3ccccc3c3ccccc23)c([2H])c([2H])c1-c1ccccc1. The van der Waals surface area contributed by atoms with E-state index >= 15 is 0 Å². The summed E-state index contributed by atoms with van der Waals surface area (Å²) in [5.74, 6) is 0. The van der Waals surface area contributed by atoms with Crippen molar-refractivity contribution in [3.8, 4) is 22.3 Å². The molecule has 1 heteroatoms. The molecule has 0 heterocycles. The Bertz CT molecular complexity index is 2980. The summed E-state index contributed by atoms with van der Waals surface area (Å²) in [6, 6.07) is 40.9.